The lowest BCUT2D eigenvalue weighted by Crippen LogP contribution is -2.29. The van der Waals surface area contributed by atoms with E-state index in [1.807, 2.05) is 6.92 Å². The predicted molar refractivity (Wildman–Crippen MR) is 108 cm³/mol. The van der Waals surface area contributed by atoms with E-state index >= 15 is 0 Å². The number of nitrogens with zero attached hydrogens (tertiary/aromatic N) is 2. The van der Waals surface area contributed by atoms with E-state index in [2.05, 4.69) is 29.1 Å². The van der Waals surface area contributed by atoms with Gasteiger partial charge in [-0.15, -0.1) is 11.3 Å². The van der Waals surface area contributed by atoms with Crippen molar-refractivity contribution in [3.05, 3.63) is 51.9 Å². The molecule has 1 fully saturated rings. The highest BCUT2D eigenvalue weighted by Crippen LogP contribution is 2.41. The number of hydrogen-bond donors (Lipinski definition) is 1. The number of benzene rings is 1. The number of hydrogen-bond acceptors (Lipinski definition) is 5. The Kier molecular flexibility index (Phi) is 4.90. The molecule has 0 radical (unpaired) electrons. The number of nitrogens with one attached hydrogen (secondary N) is 1. The Bertz CT molecular complexity index is 1010. The molecule has 3 aromatic rings. The van der Waals surface area contributed by atoms with E-state index in [0.717, 1.165) is 39.2 Å². The average Bonchev–Trinajstić information content (AvgIpc) is 3.38. The molecule has 4 rings (SSSR count). The maximum atomic E-state index is 13.4. The maximum Gasteiger partial charge on any atom is 0.238 e. The van der Waals surface area contributed by atoms with Gasteiger partial charge in [0.25, 0.3) is 0 Å². The molecule has 0 aliphatic heterocycles. The summed E-state index contributed by atoms with van der Waals surface area (Å²) in [7, 11) is 0. The number of thioether (sulfide) groups is 1. The van der Waals surface area contributed by atoms with Crippen LogP contribution in [-0.4, -0.2) is 21.9 Å². The molecule has 2 heterocycles. The smallest absolute Gasteiger partial charge is 0.238 e. The van der Waals surface area contributed by atoms with Gasteiger partial charge in [-0.3, -0.25) is 4.79 Å². The van der Waals surface area contributed by atoms with Gasteiger partial charge in [0.15, 0.2) is 0 Å². The zero-order chi connectivity index (χ0) is 19.1. The van der Waals surface area contributed by atoms with Crippen LogP contribution in [0, 0.1) is 26.6 Å². The van der Waals surface area contributed by atoms with Crippen LogP contribution in [0.1, 0.15) is 39.9 Å². The highest BCUT2D eigenvalue weighted by atomic mass is 32.2. The van der Waals surface area contributed by atoms with E-state index < -0.39 is 5.25 Å². The molecule has 1 saturated carbocycles. The average molecular weight is 402 g/mol. The van der Waals surface area contributed by atoms with Crippen LogP contribution in [0.3, 0.4) is 0 Å². The minimum atomic E-state index is -0.483. The highest BCUT2D eigenvalue weighted by Gasteiger charge is 2.30. The Morgan fingerprint density at radius 2 is 1.93 bits per heavy atom. The standard InChI is InChI=1S/C20H20FN3OS2/c1-10-11(2)26-19-16(10)20(23-12(3)22-19)27-17(18(25)24-15-8-9-15)13-4-6-14(21)7-5-13/h4-7,15,17H,8-9H2,1-3H3,(H,24,25). The molecule has 0 bridgehead atoms. The van der Waals surface area contributed by atoms with Crippen molar-refractivity contribution in [2.24, 2.45) is 0 Å². The minimum absolute atomic E-state index is 0.0527. The molecule has 1 N–H and O–H groups in total. The summed E-state index contributed by atoms with van der Waals surface area (Å²) in [4.78, 5) is 24.3. The zero-order valence-electron chi connectivity index (χ0n) is 15.4. The van der Waals surface area contributed by atoms with Gasteiger partial charge in [-0.25, -0.2) is 14.4 Å². The lowest BCUT2D eigenvalue weighted by atomic mass is 10.1. The van der Waals surface area contributed by atoms with Gasteiger partial charge in [0.2, 0.25) is 5.91 Å². The molecule has 7 heteroatoms. The number of thiophene rings is 1. The lowest BCUT2D eigenvalue weighted by Gasteiger charge is -2.17. The summed E-state index contributed by atoms with van der Waals surface area (Å²) in [6.45, 7) is 6.00. The first kappa shape index (κ1) is 18.4. The molecule has 4 nitrogen and oxygen atoms in total. The number of carbonyl (C=O) groups excluding carboxylic acids is 1. The van der Waals surface area contributed by atoms with Gasteiger partial charge in [-0.05, 0) is 56.9 Å². The monoisotopic (exact) mass is 401 g/mol. The number of carbonyl (C=O) groups is 1. The molecule has 1 atom stereocenters. The Labute approximate surface area is 165 Å². The quantitative estimate of drug-likeness (QED) is 0.490. The first-order valence-corrected chi connectivity index (χ1v) is 10.6. The SMILES string of the molecule is Cc1nc(SC(C(=O)NC2CC2)c2ccc(F)cc2)c2c(C)c(C)sc2n1. The fourth-order valence-electron chi connectivity index (χ4n) is 2.93. The fourth-order valence-corrected chi connectivity index (χ4v) is 5.31. The number of halogens is 1. The third-order valence-corrected chi connectivity index (χ3v) is 7.01. The minimum Gasteiger partial charge on any atom is -0.352 e. The molecule has 1 aliphatic carbocycles. The number of aromatic nitrogens is 2. The van der Waals surface area contributed by atoms with Crippen LogP contribution in [-0.2, 0) is 4.79 Å². The molecule has 1 amide bonds. The second kappa shape index (κ2) is 7.20. The number of amides is 1. The van der Waals surface area contributed by atoms with Gasteiger partial charge >= 0.3 is 0 Å². The number of rotatable bonds is 5. The zero-order valence-corrected chi connectivity index (χ0v) is 17.0. The van der Waals surface area contributed by atoms with Gasteiger partial charge in [0, 0.05) is 16.3 Å². The van der Waals surface area contributed by atoms with Crippen LogP contribution in [0.15, 0.2) is 29.3 Å². The van der Waals surface area contributed by atoms with Gasteiger partial charge < -0.3 is 5.32 Å². The Balaban J connectivity index is 1.76. The van der Waals surface area contributed by atoms with Crippen molar-refractivity contribution in [3.63, 3.8) is 0 Å². The van der Waals surface area contributed by atoms with Crippen molar-refractivity contribution in [3.8, 4) is 0 Å². The molecular weight excluding hydrogens is 381 g/mol. The number of aryl methyl sites for hydroxylation is 3. The van der Waals surface area contributed by atoms with Gasteiger partial charge in [0.05, 0.1) is 0 Å². The van der Waals surface area contributed by atoms with E-state index in [4.69, 9.17) is 0 Å². The van der Waals surface area contributed by atoms with Crippen LogP contribution < -0.4 is 5.32 Å². The second-order valence-electron chi connectivity index (χ2n) is 6.87. The first-order valence-electron chi connectivity index (χ1n) is 8.89. The van der Waals surface area contributed by atoms with Gasteiger partial charge in [0.1, 0.15) is 26.7 Å². The van der Waals surface area contributed by atoms with Crippen molar-refractivity contribution in [1.82, 2.24) is 15.3 Å². The second-order valence-corrected chi connectivity index (χ2v) is 9.17. The summed E-state index contributed by atoms with van der Waals surface area (Å²) >= 11 is 3.06. The largest absolute Gasteiger partial charge is 0.352 e. The molecule has 0 spiro atoms. The third kappa shape index (κ3) is 3.84. The van der Waals surface area contributed by atoms with Crippen LogP contribution >= 0.6 is 23.1 Å². The van der Waals surface area contributed by atoms with Gasteiger partial charge in [-0.1, -0.05) is 23.9 Å². The van der Waals surface area contributed by atoms with E-state index in [1.165, 1.54) is 28.8 Å². The predicted octanol–water partition coefficient (Wildman–Crippen LogP) is 4.87. The molecule has 1 unspecified atom stereocenters. The summed E-state index contributed by atoms with van der Waals surface area (Å²) in [5.41, 5.74) is 1.92. The summed E-state index contributed by atoms with van der Waals surface area (Å²) < 4.78 is 13.4. The van der Waals surface area contributed by atoms with Gasteiger partial charge in [-0.2, -0.15) is 0 Å². The van der Waals surface area contributed by atoms with Crippen LogP contribution in [0.4, 0.5) is 4.39 Å². The Morgan fingerprint density at radius 1 is 1.22 bits per heavy atom. The fraction of sp³-hybridized carbons (Fsp3) is 0.350. The van der Waals surface area contributed by atoms with E-state index in [0.29, 0.717) is 5.82 Å². The molecule has 2 aromatic heterocycles. The molecule has 1 aliphatic rings. The van der Waals surface area contributed by atoms with Crippen LogP contribution in [0.25, 0.3) is 10.2 Å². The Hall–Kier alpha value is -1.99. The molecule has 27 heavy (non-hydrogen) atoms. The van der Waals surface area contributed by atoms with Crippen molar-refractivity contribution in [2.45, 2.75) is 49.9 Å². The molecule has 0 saturated heterocycles. The maximum absolute atomic E-state index is 13.4. The molecule has 1 aromatic carbocycles. The van der Waals surface area contributed by atoms with Crippen molar-refractivity contribution in [2.75, 3.05) is 0 Å². The topological polar surface area (TPSA) is 54.9 Å². The third-order valence-electron chi connectivity index (χ3n) is 4.67. The first-order chi connectivity index (χ1) is 12.9. The van der Waals surface area contributed by atoms with Crippen molar-refractivity contribution < 1.29 is 9.18 Å². The lowest BCUT2D eigenvalue weighted by molar-refractivity contribution is -0.120. The Morgan fingerprint density at radius 3 is 2.59 bits per heavy atom. The summed E-state index contributed by atoms with van der Waals surface area (Å²) in [5, 5.41) is 4.41. The summed E-state index contributed by atoms with van der Waals surface area (Å²) in [6.07, 6.45) is 2.04. The highest BCUT2D eigenvalue weighted by molar-refractivity contribution is 8.00. The van der Waals surface area contributed by atoms with Crippen LogP contribution in [0.5, 0.6) is 0 Å². The number of fused-ring (bicyclic) bond motifs is 1. The van der Waals surface area contributed by atoms with E-state index in [1.54, 1.807) is 23.5 Å². The molecule has 140 valence electrons. The molecular formula is C20H20FN3OS2. The van der Waals surface area contributed by atoms with Crippen LogP contribution in [0.2, 0.25) is 0 Å². The van der Waals surface area contributed by atoms with E-state index in [9.17, 15) is 9.18 Å². The summed E-state index contributed by atoms with van der Waals surface area (Å²) in [6, 6.07) is 6.41. The normalized spacial score (nSPS) is 15.1. The van der Waals surface area contributed by atoms with Crippen molar-refractivity contribution >= 4 is 39.2 Å². The summed E-state index contributed by atoms with van der Waals surface area (Å²) in [5.74, 6) is 0.324. The van der Waals surface area contributed by atoms with E-state index in [-0.39, 0.29) is 17.8 Å². The van der Waals surface area contributed by atoms with Crippen molar-refractivity contribution in [1.29, 1.82) is 0 Å².